The van der Waals surface area contributed by atoms with Crippen molar-refractivity contribution in [1.29, 1.82) is 0 Å². The van der Waals surface area contributed by atoms with Crippen LogP contribution in [0.1, 0.15) is 25.7 Å². The molecule has 0 aromatic heterocycles. The van der Waals surface area contributed by atoms with Gasteiger partial charge >= 0.3 is 6.18 Å². The van der Waals surface area contributed by atoms with Gasteiger partial charge in [0, 0.05) is 12.1 Å². The lowest BCUT2D eigenvalue weighted by Crippen LogP contribution is -2.33. The number of carbonyl (C=O) groups excluding carboxylic acids is 1. The molecule has 0 saturated carbocycles. The average Bonchev–Trinajstić information content (AvgIpc) is 2.59. The maximum absolute atomic E-state index is 12.1. The van der Waals surface area contributed by atoms with Gasteiger partial charge in [-0.2, -0.15) is 13.2 Å². The monoisotopic (exact) mass is 393 g/mol. The molecule has 0 spiro atoms. The molecular formula is C16H22F3N3O3S. The van der Waals surface area contributed by atoms with Crippen molar-refractivity contribution in [2.24, 2.45) is 5.92 Å². The number of benzene rings is 1. The fourth-order valence-electron chi connectivity index (χ4n) is 2.71. The van der Waals surface area contributed by atoms with Gasteiger partial charge in [0.25, 0.3) is 0 Å². The van der Waals surface area contributed by atoms with Gasteiger partial charge in [-0.15, -0.1) is 0 Å². The third kappa shape index (κ3) is 6.93. The van der Waals surface area contributed by atoms with Gasteiger partial charge in [-0.25, -0.2) is 13.1 Å². The third-order valence-electron chi connectivity index (χ3n) is 4.15. The van der Waals surface area contributed by atoms with Crippen LogP contribution >= 0.6 is 0 Å². The molecule has 146 valence electrons. The number of hydrogen-bond donors (Lipinski definition) is 3. The topological polar surface area (TPSA) is 87.3 Å². The summed E-state index contributed by atoms with van der Waals surface area (Å²) in [5, 5.41) is 5.93. The maximum Gasteiger partial charge on any atom is 0.402 e. The molecule has 26 heavy (non-hydrogen) atoms. The largest absolute Gasteiger partial charge is 0.402 e. The molecule has 1 saturated heterocycles. The summed E-state index contributed by atoms with van der Waals surface area (Å²) in [6, 6.07) is 5.01. The Hall–Kier alpha value is -1.65. The van der Waals surface area contributed by atoms with Crippen LogP contribution in [0.15, 0.2) is 29.2 Å². The summed E-state index contributed by atoms with van der Waals surface area (Å²) in [4.78, 5) is 11.7. The van der Waals surface area contributed by atoms with Crippen LogP contribution in [-0.4, -0.2) is 40.1 Å². The number of sulfonamides is 1. The van der Waals surface area contributed by atoms with E-state index in [1.54, 1.807) is 0 Å². The molecule has 1 fully saturated rings. The van der Waals surface area contributed by atoms with Crippen LogP contribution in [0, 0.1) is 5.92 Å². The lowest BCUT2D eigenvalue weighted by Gasteiger charge is -2.22. The molecule has 3 N–H and O–H groups in total. The van der Waals surface area contributed by atoms with E-state index in [2.05, 4.69) is 10.6 Å². The Morgan fingerprint density at radius 1 is 1.15 bits per heavy atom. The van der Waals surface area contributed by atoms with E-state index in [1.807, 2.05) is 0 Å². The molecule has 0 unspecified atom stereocenters. The molecule has 0 aliphatic carbocycles. The number of nitrogens with one attached hydrogen (secondary N) is 3. The highest BCUT2D eigenvalue weighted by Gasteiger charge is 2.30. The van der Waals surface area contributed by atoms with Gasteiger partial charge in [0.2, 0.25) is 15.9 Å². The minimum Gasteiger partial charge on any atom is -0.326 e. The minimum absolute atomic E-state index is 0.172. The number of alkyl halides is 3. The smallest absolute Gasteiger partial charge is 0.326 e. The van der Waals surface area contributed by atoms with Crippen LogP contribution in [0.2, 0.25) is 0 Å². The quantitative estimate of drug-likeness (QED) is 0.663. The van der Waals surface area contributed by atoms with Gasteiger partial charge in [-0.1, -0.05) is 0 Å². The zero-order valence-corrected chi connectivity index (χ0v) is 14.9. The maximum atomic E-state index is 12.1. The van der Waals surface area contributed by atoms with Crippen LogP contribution < -0.4 is 15.4 Å². The van der Waals surface area contributed by atoms with Crippen molar-refractivity contribution < 1.29 is 26.4 Å². The molecule has 0 bridgehead atoms. The summed E-state index contributed by atoms with van der Waals surface area (Å²) < 4.78 is 61.5. The van der Waals surface area contributed by atoms with E-state index in [0.29, 0.717) is 18.0 Å². The Morgan fingerprint density at radius 3 is 2.35 bits per heavy atom. The first-order valence-electron chi connectivity index (χ1n) is 8.33. The first-order valence-corrected chi connectivity index (χ1v) is 9.81. The summed E-state index contributed by atoms with van der Waals surface area (Å²) in [5.41, 5.74) is 0.398. The molecule has 1 aliphatic heterocycles. The predicted molar refractivity (Wildman–Crippen MR) is 91.1 cm³/mol. The van der Waals surface area contributed by atoms with Gasteiger partial charge in [-0.3, -0.25) is 4.79 Å². The normalized spacial score (nSPS) is 16.4. The van der Waals surface area contributed by atoms with E-state index in [9.17, 15) is 26.4 Å². The fraction of sp³-hybridized carbons (Fsp3) is 0.562. The molecular weight excluding hydrogens is 371 g/mol. The van der Waals surface area contributed by atoms with Crippen LogP contribution in [0.5, 0.6) is 0 Å². The number of rotatable bonds is 7. The van der Waals surface area contributed by atoms with E-state index in [-0.39, 0.29) is 10.8 Å². The number of anilines is 1. The SMILES string of the molecule is O=C(CCC1CCNCC1)Nc1ccc(S(=O)(=O)NCC(F)(F)F)cc1. The van der Waals surface area contributed by atoms with Gasteiger partial charge < -0.3 is 10.6 Å². The average molecular weight is 393 g/mol. The molecule has 0 radical (unpaired) electrons. The van der Waals surface area contributed by atoms with Gasteiger partial charge in [0.05, 0.1) is 4.90 Å². The van der Waals surface area contributed by atoms with Crippen molar-refractivity contribution >= 4 is 21.6 Å². The zero-order chi connectivity index (χ0) is 19.2. The van der Waals surface area contributed by atoms with Crippen LogP contribution in [-0.2, 0) is 14.8 Å². The number of amides is 1. The van der Waals surface area contributed by atoms with Crippen LogP contribution in [0.25, 0.3) is 0 Å². The Morgan fingerprint density at radius 2 is 1.77 bits per heavy atom. The van der Waals surface area contributed by atoms with Crippen molar-refractivity contribution in [3.8, 4) is 0 Å². The van der Waals surface area contributed by atoms with Crippen molar-refractivity contribution in [2.45, 2.75) is 36.8 Å². The van der Waals surface area contributed by atoms with E-state index in [4.69, 9.17) is 0 Å². The van der Waals surface area contributed by atoms with Crippen LogP contribution in [0.4, 0.5) is 18.9 Å². The highest BCUT2D eigenvalue weighted by Crippen LogP contribution is 2.19. The van der Waals surface area contributed by atoms with Crippen molar-refractivity contribution in [2.75, 3.05) is 25.0 Å². The molecule has 1 aliphatic rings. The van der Waals surface area contributed by atoms with Crippen molar-refractivity contribution in [1.82, 2.24) is 10.0 Å². The van der Waals surface area contributed by atoms with Crippen LogP contribution in [0.3, 0.4) is 0 Å². The van der Waals surface area contributed by atoms with Gasteiger partial charge in [-0.05, 0) is 62.5 Å². The van der Waals surface area contributed by atoms with Crippen molar-refractivity contribution in [3.05, 3.63) is 24.3 Å². The molecule has 1 heterocycles. The Balaban J connectivity index is 1.85. The Bertz CT molecular complexity index is 700. The number of carbonyl (C=O) groups is 1. The second-order valence-corrected chi connectivity index (χ2v) is 8.01. The first-order chi connectivity index (χ1) is 12.2. The lowest BCUT2D eigenvalue weighted by atomic mass is 9.93. The summed E-state index contributed by atoms with van der Waals surface area (Å²) in [6.45, 7) is 0.291. The number of halogens is 3. The predicted octanol–water partition coefficient (Wildman–Crippen LogP) is 2.25. The highest BCUT2D eigenvalue weighted by molar-refractivity contribution is 7.89. The van der Waals surface area contributed by atoms with Gasteiger partial charge in [0.1, 0.15) is 6.54 Å². The summed E-state index contributed by atoms with van der Waals surface area (Å²) in [7, 11) is -4.25. The van der Waals surface area contributed by atoms with E-state index in [0.717, 1.165) is 44.5 Å². The molecule has 1 aromatic carbocycles. The molecule has 1 amide bonds. The standard InChI is InChI=1S/C16H22F3N3O3S/c17-16(18,19)11-21-26(24,25)14-4-2-13(3-5-14)22-15(23)6-1-12-7-9-20-10-8-12/h2-5,12,20-21H,1,6-11H2,(H,22,23). The molecule has 6 nitrogen and oxygen atoms in total. The van der Waals surface area contributed by atoms with E-state index in [1.165, 1.54) is 16.9 Å². The number of piperidine rings is 1. The van der Waals surface area contributed by atoms with E-state index < -0.39 is 22.7 Å². The number of hydrogen-bond acceptors (Lipinski definition) is 4. The Kier molecular flexibility index (Phi) is 7.01. The van der Waals surface area contributed by atoms with Crippen molar-refractivity contribution in [3.63, 3.8) is 0 Å². The highest BCUT2D eigenvalue weighted by atomic mass is 32.2. The summed E-state index contributed by atoms with van der Waals surface area (Å²) in [5.74, 6) is 0.351. The second-order valence-electron chi connectivity index (χ2n) is 6.24. The molecule has 0 atom stereocenters. The summed E-state index contributed by atoms with van der Waals surface area (Å²) in [6.07, 6.45) is -1.37. The molecule has 10 heteroatoms. The van der Waals surface area contributed by atoms with E-state index >= 15 is 0 Å². The molecule has 1 aromatic rings. The fourth-order valence-corrected chi connectivity index (χ4v) is 3.72. The third-order valence-corrected chi connectivity index (χ3v) is 5.57. The van der Waals surface area contributed by atoms with Gasteiger partial charge in [0.15, 0.2) is 0 Å². The first kappa shape index (κ1) is 20.7. The zero-order valence-electron chi connectivity index (χ0n) is 14.1. The Labute approximate surface area is 150 Å². The minimum atomic E-state index is -4.63. The molecule has 2 rings (SSSR count). The lowest BCUT2D eigenvalue weighted by molar-refractivity contribution is -0.121. The summed E-state index contributed by atoms with van der Waals surface area (Å²) >= 11 is 0. The second kappa shape index (κ2) is 8.83.